The van der Waals surface area contributed by atoms with Gasteiger partial charge in [0.15, 0.2) is 5.82 Å². The first kappa shape index (κ1) is 21.8. The third-order valence-corrected chi connectivity index (χ3v) is 5.88. The fourth-order valence-corrected chi connectivity index (χ4v) is 4.13. The summed E-state index contributed by atoms with van der Waals surface area (Å²) in [6.45, 7) is 6.22. The van der Waals surface area contributed by atoms with Gasteiger partial charge in [0.1, 0.15) is 6.33 Å². The molecule has 0 saturated carbocycles. The molecule has 0 fully saturated rings. The van der Waals surface area contributed by atoms with Crippen molar-refractivity contribution in [3.8, 4) is 33.6 Å². The molecule has 5 rings (SSSR count). The van der Waals surface area contributed by atoms with Gasteiger partial charge in [-0.1, -0.05) is 38.1 Å². The predicted molar refractivity (Wildman–Crippen MR) is 135 cm³/mol. The Labute approximate surface area is 200 Å². The van der Waals surface area contributed by atoms with Crippen LogP contribution in [-0.2, 0) is 19.5 Å². The van der Waals surface area contributed by atoms with E-state index in [1.165, 1.54) is 11.1 Å². The minimum Gasteiger partial charge on any atom is -0.353 e. The van der Waals surface area contributed by atoms with Crippen LogP contribution in [-0.4, -0.2) is 29.3 Å². The first-order chi connectivity index (χ1) is 16.7. The molecule has 0 spiro atoms. The number of hydrogen-bond donors (Lipinski definition) is 0. The molecule has 34 heavy (non-hydrogen) atoms. The first-order valence-electron chi connectivity index (χ1n) is 11.6. The minimum absolute atomic E-state index is 0.536. The fraction of sp³-hybridized carbons (Fsp3) is 0.214. The summed E-state index contributed by atoms with van der Waals surface area (Å²) >= 11 is 0. The summed E-state index contributed by atoms with van der Waals surface area (Å²) in [5.74, 6) is 1.44. The molecule has 0 saturated heterocycles. The van der Waals surface area contributed by atoms with Crippen molar-refractivity contribution in [1.82, 2.24) is 29.3 Å². The van der Waals surface area contributed by atoms with Crippen LogP contribution in [0.15, 0.2) is 92.0 Å². The van der Waals surface area contributed by atoms with Crippen LogP contribution in [0.2, 0.25) is 0 Å². The maximum absolute atomic E-state index is 4.52. The Morgan fingerprint density at radius 3 is 2.29 bits per heavy atom. The van der Waals surface area contributed by atoms with Crippen molar-refractivity contribution in [2.75, 3.05) is 0 Å². The lowest BCUT2D eigenvalue weighted by molar-refractivity contribution is 0.525. The summed E-state index contributed by atoms with van der Waals surface area (Å²) in [6, 6.07) is 17.0. The minimum atomic E-state index is 0.536. The largest absolute Gasteiger partial charge is 0.353 e. The van der Waals surface area contributed by atoms with E-state index in [1.807, 2.05) is 24.8 Å². The molecule has 0 amide bonds. The van der Waals surface area contributed by atoms with Crippen LogP contribution >= 0.6 is 0 Å². The molecule has 6 nitrogen and oxygen atoms in total. The van der Waals surface area contributed by atoms with E-state index in [2.05, 4.69) is 104 Å². The van der Waals surface area contributed by atoms with Crippen LogP contribution in [0.3, 0.4) is 0 Å². The van der Waals surface area contributed by atoms with Crippen LogP contribution < -0.4 is 0 Å². The van der Waals surface area contributed by atoms with Crippen LogP contribution in [0.4, 0.5) is 0 Å². The van der Waals surface area contributed by atoms with Gasteiger partial charge in [-0.05, 0) is 47.7 Å². The van der Waals surface area contributed by atoms with E-state index in [1.54, 1.807) is 6.33 Å². The lowest BCUT2D eigenvalue weighted by Gasteiger charge is -2.10. The topological polar surface area (TPSA) is 61.4 Å². The third kappa shape index (κ3) is 4.96. The number of nitrogens with zero attached hydrogens (tertiary/aromatic N) is 6. The van der Waals surface area contributed by atoms with E-state index in [9.17, 15) is 0 Å². The summed E-state index contributed by atoms with van der Waals surface area (Å²) in [5, 5.41) is 8.44. The molecule has 1 aromatic carbocycles. The van der Waals surface area contributed by atoms with Crippen molar-refractivity contribution in [3.05, 3.63) is 97.6 Å². The van der Waals surface area contributed by atoms with Crippen LogP contribution in [0.25, 0.3) is 33.6 Å². The SMILES string of the molecule is CC(C)Cn1cnnc1-c1ccc(-c2cncc(-c3ccn(CCc4ccncc4)c3)c2)cc1. The second-order valence-corrected chi connectivity index (χ2v) is 8.98. The van der Waals surface area contributed by atoms with E-state index < -0.39 is 0 Å². The molecule has 0 atom stereocenters. The number of aromatic nitrogens is 6. The van der Waals surface area contributed by atoms with Crippen molar-refractivity contribution in [2.24, 2.45) is 5.92 Å². The quantitative estimate of drug-likeness (QED) is 0.302. The third-order valence-electron chi connectivity index (χ3n) is 5.88. The predicted octanol–water partition coefficient (Wildman–Crippen LogP) is 5.77. The molecule has 0 bridgehead atoms. The van der Waals surface area contributed by atoms with E-state index in [-0.39, 0.29) is 0 Å². The molecule has 4 aromatic heterocycles. The second-order valence-electron chi connectivity index (χ2n) is 8.98. The van der Waals surface area contributed by atoms with Crippen LogP contribution in [0.1, 0.15) is 19.4 Å². The molecule has 6 heteroatoms. The Morgan fingerprint density at radius 1 is 0.794 bits per heavy atom. The van der Waals surface area contributed by atoms with Gasteiger partial charge in [-0.15, -0.1) is 10.2 Å². The lowest BCUT2D eigenvalue weighted by atomic mass is 10.0. The van der Waals surface area contributed by atoms with Gasteiger partial charge >= 0.3 is 0 Å². The summed E-state index contributed by atoms with van der Waals surface area (Å²) in [6.07, 6.45) is 14.6. The van der Waals surface area contributed by atoms with E-state index in [4.69, 9.17) is 0 Å². The van der Waals surface area contributed by atoms with Crippen molar-refractivity contribution in [2.45, 2.75) is 33.4 Å². The highest BCUT2D eigenvalue weighted by atomic mass is 15.3. The van der Waals surface area contributed by atoms with Gasteiger partial charge in [-0.25, -0.2) is 0 Å². The van der Waals surface area contributed by atoms with Crippen LogP contribution in [0, 0.1) is 5.92 Å². The summed E-state index contributed by atoms with van der Waals surface area (Å²) in [4.78, 5) is 8.60. The summed E-state index contributed by atoms with van der Waals surface area (Å²) in [5.41, 5.74) is 6.86. The first-order valence-corrected chi connectivity index (χ1v) is 11.6. The van der Waals surface area contributed by atoms with Crippen molar-refractivity contribution < 1.29 is 0 Å². The van der Waals surface area contributed by atoms with Gasteiger partial charge in [-0.3, -0.25) is 9.97 Å². The molecule has 170 valence electrons. The number of rotatable bonds is 8. The van der Waals surface area contributed by atoms with Crippen LogP contribution in [0.5, 0.6) is 0 Å². The lowest BCUT2D eigenvalue weighted by Crippen LogP contribution is -2.05. The maximum atomic E-state index is 4.52. The number of pyridine rings is 2. The monoisotopic (exact) mass is 448 g/mol. The number of hydrogen-bond acceptors (Lipinski definition) is 4. The average molecular weight is 449 g/mol. The van der Waals surface area contributed by atoms with Gasteiger partial charge in [0.25, 0.3) is 0 Å². The van der Waals surface area contributed by atoms with Gasteiger partial charge in [0, 0.05) is 72.5 Å². The standard InChI is InChI=1S/C28H28N6/c1-21(2)18-34-20-31-32-28(34)24-5-3-23(4-6-24)26-15-27(17-30-16-26)25-10-14-33(19-25)13-9-22-7-11-29-12-8-22/h3-8,10-12,14-17,19-21H,9,13,18H2,1-2H3. The highest BCUT2D eigenvalue weighted by Crippen LogP contribution is 2.27. The molecule has 0 N–H and O–H groups in total. The van der Waals surface area contributed by atoms with E-state index in [0.29, 0.717) is 5.92 Å². The number of aryl methyl sites for hydroxylation is 2. The smallest absolute Gasteiger partial charge is 0.163 e. The molecular formula is C28H28N6. The maximum Gasteiger partial charge on any atom is 0.163 e. The second kappa shape index (κ2) is 9.83. The molecule has 4 heterocycles. The molecular weight excluding hydrogens is 420 g/mol. The number of benzene rings is 1. The zero-order valence-electron chi connectivity index (χ0n) is 19.5. The molecule has 0 aliphatic rings. The Balaban J connectivity index is 1.32. The molecule has 0 aliphatic carbocycles. The zero-order valence-corrected chi connectivity index (χ0v) is 19.5. The molecule has 0 unspecified atom stereocenters. The summed E-state index contributed by atoms with van der Waals surface area (Å²) in [7, 11) is 0. The Bertz CT molecular complexity index is 1350. The highest BCUT2D eigenvalue weighted by Gasteiger charge is 2.10. The molecule has 5 aromatic rings. The van der Waals surface area contributed by atoms with Gasteiger partial charge < -0.3 is 9.13 Å². The van der Waals surface area contributed by atoms with Crippen molar-refractivity contribution >= 4 is 0 Å². The summed E-state index contributed by atoms with van der Waals surface area (Å²) < 4.78 is 4.34. The zero-order chi connectivity index (χ0) is 23.3. The molecule has 0 aliphatic heterocycles. The highest BCUT2D eigenvalue weighted by molar-refractivity contribution is 5.73. The van der Waals surface area contributed by atoms with Crippen molar-refractivity contribution in [3.63, 3.8) is 0 Å². The van der Waals surface area contributed by atoms with Crippen molar-refractivity contribution in [1.29, 1.82) is 0 Å². The van der Waals surface area contributed by atoms with E-state index in [0.717, 1.165) is 47.6 Å². The normalized spacial score (nSPS) is 11.3. The Kier molecular flexibility index (Phi) is 6.29. The van der Waals surface area contributed by atoms with Gasteiger partial charge in [-0.2, -0.15) is 0 Å². The molecule has 0 radical (unpaired) electrons. The van der Waals surface area contributed by atoms with Gasteiger partial charge in [0.2, 0.25) is 0 Å². The Hall–Kier alpha value is -4.06. The van der Waals surface area contributed by atoms with E-state index >= 15 is 0 Å². The fourth-order valence-electron chi connectivity index (χ4n) is 4.13. The van der Waals surface area contributed by atoms with Gasteiger partial charge in [0.05, 0.1) is 0 Å². The Morgan fingerprint density at radius 2 is 1.53 bits per heavy atom. The average Bonchev–Trinajstić information content (AvgIpc) is 3.53.